The third kappa shape index (κ3) is 3.71. The summed E-state index contributed by atoms with van der Waals surface area (Å²) in [7, 11) is 0. The van der Waals surface area contributed by atoms with Crippen LogP contribution >= 0.6 is 31.9 Å². The quantitative estimate of drug-likeness (QED) is 0.730. The zero-order valence-corrected chi connectivity index (χ0v) is 14.2. The average Bonchev–Trinajstić information content (AvgIpc) is 2.85. The summed E-state index contributed by atoms with van der Waals surface area (Å²) in [6.07, 6.45) is 1.12. The predicted molar refractivity (Wildman–Crippen MR) is 86.3 cm³/mol. The molecule has 102 valence electrons. The first-order valence-corrected chi connectivity index (χ1v) is 7.99. The molecule has 2 rings (SSSR count). The van der Waals surface area contributed by atoms with E-state index in [4.69, 9.17) is 4.42 Å². The average molecular weight is 387 g/mol. The Morgan fingerprint density at radius 3 is 2.68 bits per heavy atom. The minimum Gasteiger partial charge on any atom is -0.459 e. The fourth-order valence-electron chi connectivity index (χ4n) is 1.88. The minimum atomic E-state index is 0.239. The lowest BCUT2D eigenvalue weighted by Gasteiger charge is -2.10. The van der Waals surface area contributed by atoms with Crippen molar-refractivity contribution in [1.29, 1.82) is 0 Å². The number of hydrogen-bond donors (Lipinski definition) is 1. The van der Waals surface area contributed by atoms with Crippen molar-refractivity contribution in [3.8, 4) is 11.3 Å². The Hall–Kier alpha value is -0.580. The van der Waals surface area contributed by atoms with Crippen molar-refractivity contribution in [2.24, 2.45) is 0 Å². The van der Waals surface area contributed by atoms with Gasteiger partial charge in [0.25, 0.3) is 0 Å². The van der Waals surface area contributed by atoms with E-state index in [1.165, 1.54) is 0 Å². The monoisotopic (exact) mass is 385 g/mol. The van der Waals surface area contributed by atoms with Crippen LogP contribution in [-0.4, -0.2) is 6.54 Å². The van der Waals surface area contributed by atoms with Gasteiger partial charge in [-0.05, 0) is 66.2 Å². The van der Waals surface area contributed by atoms with E-state index in [2.05, 4.69) is 51.0 Å². The van der Waals surface area contributed by atoms with E-state index in [0.29, 0.717) is 0 Å². The molecule has 2 aromatic rings. The smallest absolute Gasteiger partial charge is 0.135 e. The summed E-state index contributed by atoms with van der Waals surface area (Å²) in [5.74, 6) is 1.86. The van der Waals surface area contributed by atoms with E-state index in [1.54, 1.807) is 0 Å². The second kappa shape index (κ2) is 6.73. The molecule has 2 nitrogen and oxygen atoms in total. The van der Waals surface area contributed by atoms with Gasteiger partial charge in [-0.15, -0.1) is 0 Å². The van der Waals surface area contributed by atoms with Crippen LogP contribution in [0.3, 0.4) is 0 Å². The van der Waals surface area contributed by atoms with E-state index in [0.717, 1.165) is 39.0 Å². The normalized spacial score (nSPS) is 12.6. The number of furan rings is 1. The zero-order chi connectivity index (χ0) is 13.8. The second-order valence-corrected chi connectivity index (χ2v) is 6.27. The Morgan fingerprint density at radius 1 is 1.21 bits per heavy atom. The molecule has 19 heavy (non-hydrogen) atoms. The number of nitrogens with one attached hydrogen (secondary N) is 1. The highest BCUT2D eigenvalue weighted by Gasteiger charge is 2.12. The Labute approximate surface area is 130 Å². The Bertz CT molecular complexity index is 551. The van der Waals surface area contributed by atoms with Crippen LogP contribution in [0.5, 0.6) is 0 Å². The molecule has 0 saturated heterocycles. The Morgan fingerprint density at radius 2 is 2.00 bits per heavy atom. The largest absolute Gasteiger partial charge is 0.459 e. The van der Waals surface area contributed by atoms with Crippen LogP contribution in [0.2, 0.25) is 0 Å². The molecular formula is C15H17Br2NO. The summed E-state index contributed by atoms with van der Waals surface area (Å²) < 4.78 is 8.02. The van der Waals surface area contributed by atoms with E-state index in [1.807, 2.05) is 30.3 Å². The molecule has 4 heteroatoms. The number of benzene rings is 1. The van der Waals surface area contributed by atoms with Crippen molar-refractivity contribution in [2.45, 2.75) is 26.3 Å². The standard InChI is InChI=1S/C15H17Br2NO/c1-3-8-18-10(2)14-6-7-15(19-14)12-5-4-11(16)9-13(12)17/h4-7,9-10,18H,3,8H2,1-2H3. The van der Waals surface area contributed by atoms with Crippen molar-refractivity contribution < 1.29 is 4.42 Å². The Kier molecular flexibility index (Phi) is 5.25. The maximum absolute atomic E-state index is 5.94. The van der Waals surface area contributed by atoms with E-state index < -0.39 is 0 Å². The van der Waals surface area contributed by atoms with Gasteiger partial charge < -0.3 is 9.73 Å². The Balaban J connectivity index is 2.20. The summed E-state index contributed by atoms with van der Waals surface area (Å²) in [4.78, 5) is 0. The molecule has 0 bridgehead atoms. The van der Waals surface area contributed by atoms with Gasteiger partial charge in [0.15, 0.2) is 0 Å². The first-order chi connectivity index (χ1) is 9.11. The van der Waals surface area contributed by atoms with Gasteiger partial charge in [-0.3, -0.25) is 0 Å². The molecule has 1 aromatic heterocycles. The molecule has 0 amide bonds. The van der Waals surface area contributed by atoms with E-state index in [9.17, 15) is 0 Å². The molecule has 1 aromatic carbocycles. The maximum atomic E-state index is 5.94. The van der Waals surface area contributed by atoms with Crippen molar-refractivity contribution in [2.75, 3.05) is 6.54 Å². The molecule has 0 radical (unpaired) electrons. The summed E-state index contributed by atoms with van der Waals surface area (Å²) in [6.45, 7) is 5.28. The highest BCUT2D eigenvalue weighted by Crippen LogP contribution is 2.33. The highest BCUT2D eigenvalue weighted by molar-refractivity contribution is 9.11. The first-order valence-electron chi connectivity index (χ1n) is 6.40. The van der Waals surface area contributed by atoms with Crippen LogP contribution in [0.4, 0.5) is 0 Å². The van der Waals surface area contributed by atoms with Crippen LogP contribution in [0.25, 0.3) is 11.3 Å². The summed E-state index contributed by atoms with van der Waals surface area (Å²) in [6, 6.07) is 10.4. The van der Waals surface area contributed by atoms with Gasteiger partial charge in [-0.2, -0.15) is 0 Å². The van der Waals surface area contributed by atoms with Crippen LogP contribution in [-0.2, 0) is 0 Å². The molecule has 0 aliphatic heterocycles. The lowest BCUT2D eigenvalue weighted by Crippen LogP contribution is -2.18. The predicted octanol–water partition coefficient (Wildman–Crippen LogP) is 5.53. The van der Waals surface area contributed by atoms with Crippen LogP contribution in [0, 0.1) is 0 Å². The van der Waals surface area contributed by atoms with E-state index in [-0.39, 0.29) is 6.04 Å². The molecular weight excluding hydrogens is 370 g/mol. The second-order valence-electron chi connectivity index (χ2n) is 4.50. The number of hydrogen-bond acceptors (Lipinski definition) is 2. The van der Waals surface area contributed by atoms with Crippen molar-refractivity contribution in [1.82, 2.24) is 5.32 Å². The van der Waals surface area contributed by atoms with E-state index >= 15 is 0 Å². The van der Waals surface area contributed by atoms with Crippen molar-refractivity contribution in [3.05, 3.63) is 45.0 Å². The zero-order valence-electron chi connectivity index (χ0n) is 11.0. The molecule has 0 aliphatic rings. The van der Waals surface area contributed by atoms with Gasteiger partial charge in [0.1, 0.15) is 11.5 Å². The summed E-state index contributed by atoms with van der Waals surface area (Å²) in [5.41, 5.74) is 1.07. The molecule has 0 spiro atoms. The molecule has 0 aliphatic carbocycles. The highest BCUT2D eigenvalue weighted by atomic mass is 79.9. The van der Waals surface area contributed by atoms with Gasteiger partial charge >= 0.3 is 0 Å². The molecule has 0 saturated carbocycles. The third-order valence-corrected chi connectivity index (χ3v) is 4.10. The molecule has 1 atom stereocenters. The van der Waals surface area contributed by atoms with Gasteiger partial charge in [0.05, 0.1) is 6.04 Å². The van der Waals surface area contributed by atoms with Crippen molar-refractivity contribution in [3.63, 3.8) is 0 Å². The lowest BCUT2D eigenvalue weighted by atomic mass is 10.2. The SMILES string of the molecule is CCCNC(C)c1ccc(-c2ccc(Br)cc2Br)o1. The van der Waals surface area contributed by atoms with Gasteiger partial charge in [-0.1, -0.05) is 22.9 Å². The van der Waals surface area contributed by atoms with Crippen molar-refractivity contribution >= 4 is 31.9 Å². The minimum absolute atomic E-state index is 0.239. The summed E-state index contributed by atoms with van der Waals surface area (Å²) >= 11 is 7.02. The fourth-order valence-corrected chi connectivity index (χ4v) is 3.12. The first kappa shape index (κ1) is 14.8. The van der Waals surface area contributed by atoms with Gasteiger partial charge in [0.2, 0.25) is 0 Å². The van der Waals surface area contributed by atoms with Crippen LogP contribution in [0.15, 0.2) is 43.7 Å². The van der Waals surface area contributed by atoms with Crippen LogP contribution < -0.4 is 5.32 Å². The maximum Gasteiger partial charge on any atom is 0.135 e. The lowest BCUT2D eigenvalue weighted by molar-refractivity contribution is 0.438. The summed E-state index contributed by atoms with van der Waals surface area (Å²) in [5, 5.41) is 3.42. The van der Waals surface area contributed by atoms with Crippen LogP contribution in [0.1, 0.15) is 32.1 Å². The molecule has 1 unspecified atom stereocenters. The van der Waals surface area contributed by atoms with Gasteiger partial charge in [0, 0.05) is 14.5 Å². The third-order valence-electron chi connectivity index (χ3n) is 2.95. The number of halogens is 2. The fraction of sp³-hybridized carbons (Fsp3) is 0.333. The molecule has 0 fully saturated rings. The molecule has 1 heterocycles. The number of rotatable bonds is 5. The van der Waals surface area contributed by atoms with Gasteiger partial charge in [-0.25, -0.2) is 0 Å². The molecule has 1 N–H and O–H groups in total. The topological polar surface area (TPSA) is 25.2 Å².